The Kier molecular flexibility index (Phi) is 6.18. The third-order valence-corrected chi connectivity index (χ3v) is 4.61. The first-order valence-electron chi connectivity index (χ1n) is 9.31. The predicted molar refractivity (Wildman–Crippen MR) is 116 cm³/mol. The second kappa shape index (κ2) is 8.96. The van der Waals surface area contributed by atoms with E-state index in [2.05, 4.69) is 0 Å². The summed E-state index contributed by atoms with van der Waals surface area (Å²) in [6.45, 7) is 1.79. The molecule has 0 bridgehead atoms. The molecule has 0 aliphatic heterocycles. The molecule has 0 radical (unpaired) electrons. The molecule has 0 saturated carbocycles. The van der Waals surface area contributed by atoms with Crippen LogP contribution in [0.2, 0.25) is 0 Å². The van der Waals surface area contributed by atoms with Gasteiger partial charge in [0, 0.05) is 11.1 Å². The number of rotatable bonds is 7. The van der Waals surface area contributed by atoms with Crippen LogP contribution in [0.3, 0.4) is 0 Å². The molecule has 28 heavy (non-hydrogen) atoms. The molecule has 0 saturated heterocycles. The Morgan fingerprint density at radius 2 is 1.32 bits per heavy atom. The molecule has 2 N–H and O–H groups in total. The van der Waals surface area contributed by atoms with Crippen molar-refractivity contribution in [2.75, 3.05) is 0 Å². The lowest BCUT2D eigenvalue weighted by atomic mass is 9.94. The first-order valence-corrected chi connectivity index (χ1v) is 9.31. The van der Waals surface area contributed by atoms with Gasteiger partial charge in [0.05, 0.1) is 5.71 Å². The molecular weight excluding hydrogens is 344 g/mol. The largest absolute Gasteiger partial charge is 0.368 e. The fourth-order valence-electron chi connectivity index (χ4n) is 2.92. The molecule has 3 aromatic carbocycles. The number of amides is 1. The Morgan fingerprint density at radius 3 is 1.79 bits per heavy atom. The molecule has 0 spiro atoms. The van der Waals surface area contributed by atoms with E-state index in [-0.39, 0.29) is 0 Å². The fraction of sp³-hybridized carbons (Fsp3) is 0.120. The minimum absolute atomic E-state index is 0.417. The van der Waals surface area contributed by atoms with Gasteiger partial charge in [-0.2, -0.15) is 0 Å². The van der Waals surface area contributed by atoms with Gasteiger partial charge in [-0.1, -0.05) is 103 Å². The second-order valence-corrected chi connectivity index (χ2v) is 6.85. The van der Waals surface area contributed by atoms with Gasteiger partial charge in [-0.3, -0.25) is 9.79 Å². The summed E-state index contributed by atoms with van der Waals surface area (Å²) in [5.74, 6) is -0.449. The summed E-state index contributed by atoms with van der Waals surface area (Å²) < 4.78 is 0. The van der Waals surface area contributed by atoms with Crippen molar-refractivity contribution in [1.29, 1.82) is 0 Å². The number of nitrogens with zero attached hydrogens (tertiary/aromatic N) is 1. The quantitative estimate of drug-likeness (QED) is 0.594. The summed E-state index contributed by atoms with van der Waals surface area (Å²) in [6.07, 6.45) is 4.36. The molecule has 3 rings (SSSR count). The van der Waals surface area contributed by atoms with E-state index in [4.69, 9.17) is 10.7 Å². The van der Waals surface area contributed by atoms with Crippen LogP contribution < -0.4 is 5.73 Å². The van der Waals surface area contributed by atoms with Crippen molar-refractivity contribution in [2.24, 2.45) is 10.7 Å². The maximum absolute atomic E-state index is 12.3. The van der Waals surface area contributed by atoms with Crippen LogP contribution in [0.5, 0.6) is 0 Å². The van der Waals surface area contributed by atoms with Crippen LogP contribution in [0.1, 0.15) is 30.0 Å². The lowest BCUT2D eigenvalue weighted by Gasteiger charge is -2.22. The Bertz CT molecular complexity index is 922. The summed E-state index contributed by atoms with van der Waals surface area (Å²) in [5, 5.41) is 0. The zero-order valence-electron chi connectivity index (χ0n) is 16.0. The highest BCUT2D eigenvalue weighted by Gasteiger charge is 2.30. The van der Waals surface area contributed by atoms with E-state index in [1.54, 1.807) is 6.92 Å². The molecule has 140 valence electrons. The highest BCUT2D eigenvalue weighted by atomic mass is 16.1. The minimum atomic E-state index is -1.05. The van der Waals surface area contributed by atoms with E-state index < -0.39 is 11.4 Å². The molecule has 0 heterocycles. The van der Waals surface area contributed by atoms with Crippen LogP contribution in [-0.4, -0.2) is 17.2 Å². The molecular formula is C25H24N2O. The number of nitrogens with two attached hydrogens (primary N) is 1. The monoisotopic (exact) mass is 368 g/mol. The van der Waals surface area contributed by atoms with Gasteiger partial charge in [-0.25, -0.2) is 0 Å². The molecule has 3 heteroatoms. The van der Waals surface area contributed by atoms with Crippen molar-refractivity contribution in [3.8, 4) is 0 Å². The predicted octanol–water partition coefficient (Wildman–Crippen LogP) is 4.87. The number of hydrogen-bond acceptors (Lipinski definition) is 2. The Balaban J connectivity index is 1.99. The van der Waals surface area contributed by atoms with Gasteiger partial charge >= 0.3 is 0 Å². The Hall–Kier alpha value is -3.46. The fourth-order valence-corrected chi connectivity index (χ4v) is 2.92. The number of primary amides is 1. The van der Waals surface area contributed by atoms with Crippen molar-refractivity contribution < 1.29 is 4.79 Å². The van der Waals surface area contributed by atoms with Crippen molar-refractivity contribution in [1.82, 2.24) is 0 Å². The second-order valence-electron chi connectivity index (χ2n) is 6.85. The molecule has 0 aliphatic carbocycles. The topological polar surface area (TPSA) is 55.4 Å². The zero-order valence-corrected chi connectivity index (χ0v) is 16.0. The average molecular weight is 368 g/mol. The molecule has 3 aromatic rings. The minimum Gasteiger partial charge on any atom is -0.368 e. The van der Waals surface area contributed by atoms with Gasteiger partial charge in [0.15, 0.2) is 0 Å². The molecule has 1 amide bonds. The van der Waals surface area contributed by atoms with Crippen molar-refractivity contribution in [3.05, 3.63) is 114 Å². The number of hydrogen-bond donors (Lipinski definition) is 1. The molecule has 1 atom stereocenters. The molecule has 3 nitrogen and oxygen atoms in total. The summed E-state index contributed by atoms with van der Waals surface area (Å²) in [7, 11) is 0. The first-order chi connectivity index (χ1) is 13.6. The van der Waals surface area contributed by atoms with Crippen molar-refractivity contribution in [3.63, 3.8) is 0 Å². The van der Waals surface area contributed by atoms with E-state index in [0.717, 1.165) is 22.4 Å². The molecule has 0 fully saturated rings. The maximum Gasteiger partial charge on any atom is 0.245 e. The van der Waals surface area contributed by atoms with Crippen LogP contribution in [0.15, 0.2) is 102 Å². The summed E-state index contributed by atoms with van der Waals surface area (Å²) >= 11 is 0. The summed E-state index contributed by atoms with van der Waals surface area (Å²) in [4.78, 5) is 17.2. The van der Waals surface area contributed by atoms with Gasteiger partial charge in [-0.05, 0) is 18.9 Å². The van der Waals surface area contributed by atoms with Crippen LogP contribution in [0.25, 0.3) is 6.08 Å². The smallest absolute Gasteiger partial charge is 0.245 e. The highest BCUT2D eigenvalue weighted by molar-refractivity contribution is 6.14. The van der Waals surface area contributed by atoms with E-state index in [1.165, 1.54) is 0 Å². The Labute approximate surface area is 166 Å². The van der Waals surface area contributed by atoms with Gasteiger partial charge < -0.3 is 5.73 Å². The lowest BCUT2D eigenvalue weighted by Crippen LogP contribution is -2.40. The maximum atomic E-state index is 12.3. The van der Waals surface area contributed by atoms with Crippen LogP contribution in [-0.2, 0) is 4.79 Å². The van der Waals surface area contributed by atoms with Crippen LogP contribution in [0.4, 0.5) is 0 Å². The average Bonchev–Trinajstić information content (AvgIpc) is 2.74. The number of aliphatic imine (C=N–C) groups is 1. The lowest BCUT2D eigenvalue weighted by molar-refractivity contribution is -0.122. The van der Waals surface area contributed by atoms with Gasteiger partial charge in [0.1, 0.15) is 5.54 Å². The standard InChI is InChI=1S/C25H24N2O/c1-25(24(26)28,19-11-14-20-12-5-2-6-13-20)27-23(21-15-7-3-8-16-21)22-17-9-4-10-18-22/h2-18H,19H2,1H3,(H2,26,28)/b14-11+. The van der Waals surface area contributed by atoms with E-state index in [0.29, 0.717) is 6.42 Å². The normalized spacial score (nSPS) is 13.0. The molecule has 0 aromatic heterocycles. The Morgan fingerprint density at radius 1 is 0.857 bits per heavy atom. The SMILES string of the molecule is CC(C/C=C/c1ccccc1)(N=C(c1ccccc1)c1ccccc1)C(N)=O. The molecule has 1 unspecified atom stereocenters. The summed E-state index contributed by atoms with van der Waals surface area (Å²) in [5.41, 5.74) is 8.46. The van der Waals surface area contributed by atoms with Crippen LogP contribution in [0, 0.1) is 0 Å². The van der Waals surface area contributed by atoms with Gasteiger partial charge in [-0.15, -0.1) is 0 Å². The van der Waals surface area contributed by atoms with E-state index in [1.807, 2.05) is 103 Å². The van der Waals surface area contributed by atoms with Gasteiger partial charge in [0.25, 0.3) is 0 Å². The molecule has 0 aliphatic rings. The number of carbonyl (C=O) groups excluding carboxylic acids is 1. The first kappa shape index (κ1) is 19.3. The zero-order chi connectivity index (χ0) is 19.8. The van der Waals surface area contributed by atoms with Gasteiger partial charge in [0.2, 0.25) is 5.91 Å². The van der Waals surface area contributed by atoms with Crippen LogP contribution >= 0.6 is 0 Å². The van der Waals surface area contributed by atoms with E-state index in [9.17, 15) is 4.79 Å². The third kappa shape index (κ3) is 4.83. The third-order valence-electron chi connectivity index (χ3n) is 4.61. The van der Waals surface area contributed by atoms with E-state index >= 15 is 0 Å². The highest BCUT2D eigenvalue weighted by Crippen LogP contribution is 2.22. The number of carbonyl (C=O) groups is 1. The van der Waals surface area contributed by atoms with Crippen molar-refractivity contribution >= 4 is 17.7 Å². The van der Waals surface area contributed by atoms with Crippen molar-refractivity contribution in [2.45, 2.75) is 18.9 Å². The number of benzene rings is 3. The summed E-state index contributed by atoms with van der Waals surface area (Å²) in [6, 6.07) is 29.7.